The molecule has 188 valence electrons. The molecule has 2 amide bonds. The summed E-state index contributed by atoms with van der Waals surface area (Å²) in [5.41, 5.74) is 3.81. The number of hydrogen-bond acceptors (Lipinski definition) is 6. The van der Waals surface area contributed by atoms with E-state index in [1.807, 2.05) is 62.4 Å². The second kappa shape index (κ2) is 11.2. The molecule has 0 N–H and O–H groups in total. The van der Waals surface area contributed by atoms with E-state index >= 15 is 0 Å². The van der Waals surface area contributed by atoms with Crippen LogP contribution >= 0.6 is 0 Å². The third kappa shape index (κ3) is 5.64. The molecular weight excluding hydrogens is 460 g/mol. The van der Waals surface area contributed by atoms with Gasteiger partial charge in [-0.2, -0.15) is 0 Å². The molecular formula is C28H30N2O6. The van der Waals surface area contributed by atoms with Crippen LogP contribution in [0.2, 0.25) is 0 Å². The minimum atomic E-state index is -0.844. The zero-order valence-corrected chi connectivity index (χ0v) is 20.5. The van der Waals surface area contributed by atoms with Crippen LogP contribution in [0.1, 0.15) is 37.8 Å². The highest BCUT2D eigenvalue weighted by Crippen LogP contribution is 2.31. The number of nitrogens with zero attached hydrogens (tertiary/aromatic N) is 2. The number of ether oxygens (including phenoxy) is 2. The van der Waals surface area contributed by atoms with Crippen LogP contribution in [0.5, 0.6) is 0 Å². The molecule has 0 fully saturated rings. The molecule has 2 atom stereocenters. The van der Waals surface area contributed by atoms with Gasteiger partial charge in [-0.1, -0.05) is 36.4 Å². The fourth-order valence-corrected chi connectivity index (χ4v) is 4.77. The number of hydrogen-bond donors (Lipinski definition) is 0. The van der Waals surface area contributed by atoms with E-state index in [4.69, 9.17) is 9.47 Å². The maximum absolute atomic E-state index is 12.7. The summed E-state index contributed by atoms with van der Waals surface area (Å²) in [5.74, 6) is -2.35. The summed E-state index contributed by atoms with van der Waals surface area (Å²) in [7, 11) is 0. The Kier molecular flexibility index (Phi) is 7.83. The highest BCUT2D eigenvalue weighted by Gasteiger charge is 2.29. The van der Waals surface area contributed by atoms with Crippen LogP contribution in [0.25, 0.3) is 0 Å². The number of para-hydroxylation sites is 2. The Labute approximate surface area is 210 Å². The van der Waals surface area contributed by atoms with Gasteiger partial charge in [0.2, 0.25) is 0 Å². The summed E-state index contributed by atoms with van der Waals surface area (Å²) in [6, 6.07) is 15.3. The van der Waals surface area contributed by atoms with Crippen molar-refractivity contribution in [2.75, 3.05) is 23.0 Å². The molecule has 2 heterocycles. The van der Waals surface area contributed by atoms with Gasteiger partial charge in [-0.05, 0) is 62.8 Å². The maximum atomic E-state index is 12.7. The Morgan fingerprint density at radius 2 is 1.11 bits per heavy atom. The Bertz CT molecular complexity index is 1100. The lowest BCUT2D eigenvalue weighted by molar-refractivity contribution is -0.144. The monoisotopic (exact) mass is 490 g/mol. The number of esters is 2. The maximum Gasteiger partial charge on any atom is 0.331 e. The lowest BCUT2D eigenvalue weighted by atomic mass is 9.96. The normalized spacial score (nSPS) is 18.8. The Balaban J connectivity index is 1.26. The summed E-state index contributed by atoms with van der Waals surface area (Å²) in [6.45, 7) is 3.02. The first-order valence-electron chi connectivity index (χ1n) is 12.2. The fraction of sp³-hybridized carbons (Fsp3) is 0.357. The van der Waals surface area contributed by atoms with E-state index in [2.05, 4.69) is 0 Å². The number of fused-ring (bicyclic) bond motifs is 2. The van der Waals surface area contributed by atoms with Crippen LogP contribution in [0.4, 0.5) is 11.4 Å². The predicted molar refractivity (Wildman–Crippen MR) is 134 cm³/mol. The van der Waals surface area contributed by atoms with Crippen molar-refractivity contribution in [3.8, 4) is 0 Å². The Hall–Kier alpha value is -3.94. The molecule has 0 aromatic heterocycles. The smallest absolute Gasteiger partial charge is 0.331 e. The summed E-state index contributed by atoms with van der Waals surface area (Å²) < 4.78 is 10.1. The van der Waals surface area contributed by atoms with Crippen molar-refractivity contribution in [2.45, 2.75) is 51.6 Å². The molecule has 4 rings (SSSR count). The summed E-state index contributed by atoms with van der Waals surface area (Å²) in [6.07, 6.45) is 5.21. The molecule has 0 saturated carbocycles. The van der Waals surface area contributed by atoms with E-state index in [-0.39, 0.29) is 23.9 Å². The molecule has 0 saturated heterocycles. The summed E-state index contributed by atoms with van der Waals surface area (Å²) in [5, 5.41) is 0. The van der Waals surface area contributed by atoms with Gasteiger partial charge in [0.05, 0.1) is 0 Å². The zero-order valence-electron chi connectivity index (χ0n) is 20.5. The van der Waals surface area contributed by atoms with Crippen molar-refractivity contribution >= 4 is 35.1 Å². The summed E-state index contributed by atoms with van der Waals surface area (Å²) >= 11 is 0. The molecule has 0 radical (unpaired) electrons. The number of aryl methyl sites for hydroxylation is 2. The van der Waals surface area contributed by atoms with Crippen LogP contribution < -0.4 is 9.80 Å². The second-order valence-corrected chi connectivity index (χ2v) is 9.11. The molecule has 0 bridgehead atoms. The number of carbonyl (C=O) groups is 4. The van der Waals surface area contributed by atoms with E-state index in [1.54, 1.807) is 9.80 Å². The molecule has 2 aromatic rings. The standard InChI is InChI=1S/C28H30N2O6/c1-19-11-13-21-7-3-5-9-23(21)29(19)25(31)17-35-27(33)15-16-28(34)36-18-26(32)30-20(2)12-14-22-8-4-6-10-24(22)30/h3-10,15-16,19-20H,11-14,17-18H2,1-2H3/b16-15+. The first-order valence-corrected chi connectivity index (χ1v) is 12.2. The van der Waals surface area contributed by atoms with Crippen LogP contribution in [0.15, 0.2) is 60.7 Å². The topological polar surface area (TPSA) is 93.2 Å². The van der Waals surface area contributed by atoms with Gasteiger partial charge >= 0.3 is 11.9 Å². The van der Waals surface area contributed by atoms with E-state index in [1.165, 1.54) is 0 Å². The predicted octanol–water partition coefficient (Wildman–Crippen LogP) is 3.36. The molecule has 0 aliphatic carbocycles. The zero-order chi connectivity index (χ0) is 25.7. The average molecular weight is 491 g/mol. The van der Waals surface area contributed by atoms with E-state index in [0.29, 0.717) is 0 Å². The summed E-state index contributed by atoms with van der Waals surface area (Å²) in [4.78, 5) is 52.9. The van der Waals surface area contributed by atoms with E-state index in [0.717, 1.165) is 60.3 Å². The van der Waals surface area contributed by atoms with Gasteiger partial charge in [-0.3, -0.25) is 9.59 Å². The minimum Gasteiger partial charge on any atom is -0.452 e. The fourth-order valence-electron chi connectivity index (χ4n) is 4.77. The number of amides is 2. The number of rotatable bonds is 6. The van der Waals surface area contributed by atoms with E-state index in [9.17, 15) is 19.2 Å². The highest BCUT2D eigenvalue weighted by molar-refractivity contribution is 5.99. The van der Waals surface area contributed by atoms with Crippen LogP contribution in [-0.4, -0.2) is 49.1 Å². The third-order valence-electron chi connectivity index (χ3n) is 6.62. The highest BCUT2D eigenvalue weighted by atomic mass is 16.5. The number of benzene rings is 2. The third-order valence-corrected chi connectivity index (χ3v) is 6.62. The van der Waals surface area contributed by atoms with Gasteiger partial charge in [-0.15, -0.1) is 0 Å². The lowest BCUT2D eigenvalue weighted by Crippen LogP contribution is -2.44. The van der Waals surface area contributed by atoms with Crippen LogP contribution in [0, 0.1) is 0 Å². The first kappa shape index (κ1) is 25.2. The molecule has 0 spiro atoms. The van der Waals surface area contributed by atoms with Gasteiger partial charge in [-0.25, -0.2) is 9.59 Å². The Morgan fingerprint density at radius 3 is 1.53 bits per heavy atom. The Morgan fingerprint density at radius 1 is 0.722 bits per heavy atom. The SMILES string of the molecule is CC1CCc2ccccc2N1C(=O)COC(=O)/C=C/C(=O)OCC(=O)N1c2ccccc2CCC1C. The molecule has 2 aliphatic rings. The molecule has 2 aliphatic heterocycles. The molecule has 36 heavy (non-hydrogen) atoms. The van der Waals surface area contributed by atoms with Gasteiger partial charge in [0.15, 0.2) is 13.2 Å². The largest absolute Gasteiger partial charge is 0.452 e. The molecule has 8 heteroatoms. The van der Waals surface area contributed by atoms with Gasteiger partial charge in [0.25, 0.3) is 11.8 Å². The molecule has 8 nitrogen and oxygen atoms in total. The van der Waals surface area contributed by atoms with Crippen molar-refractivity contribution in [1.29, 1.82) is 0 Å². The van der Waals surface area contributed by atoms with Crippen molar-refractivity contribution in [2.24, 2.45) is 0 Å². The molecule has 2 aromatic carbocycles. The van der Waals surface area contributed by atoms with Crippen LogP contribution in [-0.2, 0) is 41.5 Å². The average Bonchev–Trinajstić information content (AvgIpc) is 2.89. The van der Waals surface area contributed by atoms with Crippen molar-refractivity contribution in [1.82, 2.24) is 0 Å². The van der Waals surface area contributed by atoms with Crippen molar-refractivity contribution in [3.63, 3.8) is 0 Å². The quantitative estimate of drug-likeness (QED) is 0.455. The van der Waals surface area contributed by atoms with Gasteiger partial charge in [0, 0.05) is 35.6 Å². The first-order chi connectivity index (χ1) is 17.3. The number of carbonyl (C=O) groups excluding carboxylic acids is 4. The van der Waals surface area contributed by atoms with Crippen molar-refractivity contribution < 1.29 is 28.7 Å². The van der Waals surface area contributed by atoms with Crippen LogP contribution in [0.3, 0.4) is 0 Å². The van der Waals surface area contributed by atoms with Gasteiger partial charge in [0.1, 0.15) is 0 Å². The second-order valence-electron chi connectivity index (χ2n) is 9.11. The minimum absolute atomic E-state index is 0.0104. The molecule has 2 unspecified atom stereocenters. The van der Waals surface area contributed by atoms with Crippen molar-refractivity contribution in [3.05, 3.63) is 71.8 Å². The van der Waals surface area contributed by atoms with E-state index < -0.39 is 25.2 Å². The number of anilines is 2. The lowest BCUT2D eigenvalue weighted by Gasteiger charge is -2.35. The van der Waals surface area contributed by atoms with Gasteiger partial charge < -0.3 is 19.3 Å².